The van der Waals surface area contributed by atoms with E-state index < -0.39 is 0 Å². The third-order valence-electron chi connectivity index (χ3n) is 4.16. The van der Waals surface area contributed by atoms with Gasteiger partial charge in [0.15, 0.2) is 0 Å². The third kappa shape index (κ3) is 4.06. The fraction of sp³-hybridized carbons (Fsp3) is 0.750. The first-order chi connectivity index (χ1) is 10.2. The molecule has 1 aliphatic heterocycles. The number of anilines is 2. The van der Waals surface area contributed by atoms with Crippen LogP contribution in [0, 0.1) is 0 Å². The zero-order valence-corrected chi connectivity index (χ0v) is 13.9. The number of aryl methyl sites for hydroxylation is 1. The van der Waals surface area contributed by atoms with Gasteiger partial charge in [-0.2, -0.15) is 0 Å². The van der Waals surface area contributed by atoms with Gasteiger partial charge >= 0.3 is 0 Å². The van der Waals surface area contributed by atoms with E-state index in [-0.39, 0.29) is 0 Å². The molecule has 2 heterocycles. The van der Waals surface area contributed by atoms with Gasteiger partial charge in [0.25, 0.3) is 0 Å². The van der Waals surface area contributed by atoms with Crippen LogP contribution in [-0.2, 0) is 6.42 Å². The van der Waals surface area contributed by atoms with Crippen molar-refractivity contribution in [2.45, 2.75) is 46.1 Å². The minimum Gasteiger partial charge on any atom is -0.370 e. The number of hydrogen-bond acceptors (Lipinski definition) is 5. The maximum atomic E-state index is 4.78. The van der Waals surface area contributed by atoms with Gasteiger partial charge < -0.3 is 10.2 Å². The highest BCUT2D eigenvalue weighted by molar-refractivity contribution is 5.50. The number of aromatic nitrogens is 2. The van der Waals surface area contributed by atoms with Crippen LogP contribution in [0.2, 0.25) is 0 Å². The van der Waals surface area contributed by atoms with E-state index in [2.05, 4.69) is 54.0 Å². The summed E-state index contributed by atoms with van der Waals surface area (Å²) in [5.41, 5.74) is 0. The zero-order valence-electron chi connectivity index (χ0n) is 13.9. The summed E-state index contributed by atoms with van der Waals surface area (Å²) in [7, 11) is 2.22. The van der Waals surface area contributed by atoms with Crippen LogP contribution in [0.3, 0.4) is 0 Å². The van der Waals surface area contributed by atoms with Gasteiger partial charge in [-0.15, -0.1) is 0 Å². The monoisotopic (exact) mass is 291 g/mol. The molecule has 1 aromatic rings. The molecule has 1 N–H and O–H groups in total. The molecule has 5 heteroatoms. The van der Waals surface area contributed by atoms with Crippen molar-refractivity contribution in [1.82, 2.24) is 14.9 Å². The predicted molar refractivity (Wildman–Crippen MR) is 89.1 cm³/mol. The normalized spacial score (nSPS) is 19.8. The number of nitrogens with zero attached hydrogens (tertiary/aromatic N) is 4. The van der Waals surface area contributed by atoms with Crippen LogP contribution in [0.5, 0.6) is 0 Å². The molecule has 0 radical (unpaired) electrons. The Morgan fingerprint density at radius 3 is 2.71 bits per heavy atom. The lowest BCUT2D eigenvalue weighted by atomic mass is 10.1. The van der Waals surface area contributed by atoms with Gasteiger partial charge in [0.1, 0.15) is 17.5 Å². The molecule has 2 rings (SSSR count). The SMILES string of the molecule is CCCc1nc(NCC)cc(N2CCN(C)C(CC)C2)n1. The molecule has 0 aliphatic carbocycles. The lowest BCUT2D eigenvalue weighted by Gasteiger charge is -2.39. The fourth-order valence-electron chi connectivity index (χ4n) is 2.85. The van der Waals surface area contributed by atoms with Crippen LogP contribution in [0.25, 0.3) is 0 Å². The van der Waals surface area contributed by atoms with Gasteiger partial charge in [-0.25, -0.2) is 9.97 Å². The lowest BCUT2D eigenvalue weighted by Crippen LogP contribution is -2.51. The zero-order chi connectivity index (χ0) is 15.2. The standard InChI is InChI=1S/C16H29N5/c1-5-8-14-18-15(17-7-3)11-16(19-14)21-10-9-20(4)13(6-2)12-21/h11,13H,5-10,12H2,1-4H3,(H,17,18,19). The average Bonchev–Trinajstić information content (AvgIpc) is 2.48. The van der Waals surface area contributed by atoms with E-state index in [1.807, 2.05) is 0 Å². The minimum absolute atomic E-state index is 0.617. The van der Waals surface area contributed by atoms with Crippen molar-refractivity contribution in [3.05, 3.63) is 11.9 Å². The van der Waals surface area contributed by atoms with Gasteiger partial charge in [0, 0.05) is 44.7 Å². The fourth-order valence-corrected chi connectivity index (χ4v) is 2.85. The van der Waals surface area contributed by atoms with Crippen LogP contribution in [0.1, 0.15) is 39.4 Å². The molecule has 21 heavy (non-hydrogen) atoms. The van der Waals surface area contributed by atoms with E-state index in [9.17, 15) is 0 Å². The molecule has 0 bridgehead atoms. The van der Waals surface area contributed by atoms with E-state index in [1.165, 1.54) is 6.42 Å². The summed E-state index contributed by atoms with van der Waals surface area (Å²) in [6.45, 7) is 10.6. The summed E-state index contributed by atoms with van der Waals surface area (Å²) in [6, 6.07) is 2.71. The van der Waals surface area contributed by atoms with Crippen molar-refractivity contribution in [2.24, 2.45) is 0 Å². The highest BCUT2D eigenvalue weighted by Gasteiger charge is 2.24. The van der Waals surface area contributed by atoms with Gasteiger partial charge in [0.05, 0.1) is 0 Å². The smallest absolute Gasteiger partial charge is 0.134 e. The first kappa shape index (κ1) is 16.0. The summed E-state index contributed by atoms with van der Waals surface area (Å²) in [5, 5.41) is 3.33. The molecule has 0 aromatic carbocycles. The number of piperazine rings is 1. The van der Waals surface area contributed by atoms with Crippen LogP contribution < -0.4 is 10.2 Å². The topological polar surface area (TPSA) is 44.3 Å². The number of hydrogen-bond donors (Lipinski definition) is 1. The van der Waals surface area contributed by atoms with Crippen molar-refractivity contribution < 1.29 is 0 Å². The highest BCUT2D eigenvalue weighted by atomic mass is 15.3. The van der Waals surface area contributed by atoms with E-state index in [4.69, 9.17) is 4.98 Å². The Morgan fingerprint density at radius 2 is 2.05 bits per heavy atom. The molecule has 0 amide bonds. The summed E-state index contributed by atoms with van der Waals surface area (Å²) in [5.74, 6) is 2.99. The van der Waals surface area contributed by atoms with Crippen LogP contribution in [-0.4, -0.2) is 54.1 Å². The molecule has 1 unspecified atom stereocenters. The molecular weight excluding hydrogens is 262 g/mol. The largest absolute Gasteiger partial charge is 0.370 e. The Kier molecular flexibility index (Phi) is 5.79. The molecule has 1 fully saturated rings. The van der Waals surface area contributed by atoms with Gasteiger partial charge in [-0.05, 0) is 26.8 Å². The van der Waals surface area contributed by atoms with Gasteiger partial charge in [-0.1, -0.05) is 13.8 Å². The molecule has 1 saturated heterocycles. The molecular formula is C16H29N5. The van der Waals surface area contributed by atoms with Gasteiger partial charge in [-0.3, -0.25) is 4.90 Å². The third-order valence-corrected chi connectivity index (χ3v) is 4.16. The number of nitrogens with one attached hydrogen (secondary N) is 1. The van der Waals surface area contributed by atoms with E-state index in [1.54, 1.807) is 0 Å². The summed E-state index contributed by atoms with van der Waals surface area (Å²) in [6.07, 6.45) is 3.20. The lowest BCUT2D eigenvalue weighted by molar-refractivity contribution is 0.213. The number of rotatable bonds is 6. The second-order valence-electron chi connectivity index (χ2n) is 5.80. The van der Waals surface area contributed by atoms with Crippen molar-refractivity contribution in [3.8, 4) is 0 Å². The Balaban J connectivity index is 2.20. The maximum absolute atomic E-state index is 4.78. The Hall–Kier alpha value is -1.36. The average molecular weight is 291 g/mol. The second kappa shape index (κ2) is 7.59. The van der Waals surface area contributed by atoms with Crippen molar-refractivity contribution in [2.75, 3.05) is 43.4 Å². The van der Waals surface area contributed by atoms with E-state index >= 15 is 0 Å². The molecule has 1 aliphatic rings. The summed E-state index contributed by atoms with van der Waals surface area (Å²) >= 11 is 0. The first-order valence-electron chi connectivity index (χ1n) is 8.24. The van der Waals surface area contributed by atoms with Crippen molar-refractivity contribution in [3.63, 3.8) is 0 Å². The van der Waals surface area contributed by atoms with E-state index in [0.717, 1.165) is 56.5 Å². The van der Waals surface area contributed by atoms with Crippen molar-refractivity contribution in [1.29, 1.82) is 0 Å². The molecule has 0 spiro atoms. The second-order valence-corrected chi connectivity index (χ2v) is 5.80. The Labute approximate surface area is 128 Å². The minimum atomic E-state index is 0.617. The molecule has 5 nitrogen and oxygen atoms in total. The van der Waals surface area contributed by atoms with Crippen LogP contribution in [0.4, 0.5) is 11.6 Å². The van der Waals surface area contributed by atoms with Gasteiger partial charge in [0.2, 0.25) is 0 Å². The first-order valence-corrected chi connectivity index (χ1v) is 8.24. The molecule has 0 saturated carbocycles. The number of likely N-dealkylation sites (N-methyl/N-ethyl adjacent to an activating group) is 1. The summed E-state index contributed by atoms with van der Waals surface area (Å²) < 4.78 is 0. The van der Waals surface area contributed by atoms with Crippen molar-refractivity contribution >= 4 is 11.6 Å². The molecule has 1 atom stereocenters. The highest BCUT2D eigenvalue weighted by Crippen LogP contribution is 2.21. The molecule has 118 valence electrons. The quantitative estimate of drug-likeness (QED) is 0.872. The maximum Gasteiger partial charge on any atom is 0.134 e. The van der Waals surface area contributed by atoms with Crippen LogP contribution in [0.15, 0.2) is 6.07 Å². The van der Waals surface area contributed by atoms with Crippen LogP contribution >= 0.6 is 0 Å². The predicted octanol–water partition coefficient (Wildman–Crippen LogP) is 2.39. The molecule has 1 aromatic heterocycles. The Bertz CT molecular complexity index is 424. The summed E-state index contributed by atoms with van der Waals surface area (Å²) in [4.78, 5) is 14.2. The van der Waals surface area contributed by atoms with E-state index in [0.29, 0.717) is 6.04 Å². The Morgan fingerprint density at radius 1 is 1.24 bits per heavy atom.